The molecule has 0 spiro atoms. The van der Waals surface area contributed by atoms with Gasteiger partial charge in [-0.15, -0.1) is 0 Å². The molecule has 0 aromatic heterocycles. The summed E-state index contributed by atoms with van der Waals surface area (Å²) in [5, 5.41) is 3.20. The van der Waals surface area contributed by atoms with Gasteiger partial charge in [0.1, 0.15) is 0 Å². The van der Waals surface area contributed by atoms with Crippen molar-refractivity contribution in [2.24, 2.45) is 16.7 Å². The van der Waals surface area contributed by atoms with E-state index >= 15 is 0 Å². The van der Waals surface area contributed by atoms with E-state index in [2.05, 4.69) is 26.1 Å². The first kappa shape index (κ1) is 9.53. The third-order valence-corrected chi connectivity index (χ3v) is 5.22. The molecule has 2 fully saturated rings. The molecule has 1 saturated heterocycles. The van der Waals surface area contributed by atoms with Crippen molar-refractivity contribution >= 4 is 34.4 Å². The van der Waals surface area contributed by atoms with E-state index in [-0.39, 0.29) is 10.8 Å². The zero-order valence-corrected chi connectivity index (χ0v) is 9.94. The number of nitrogens with one attached hydrogen (secondary N) is 1. The third kappa shape index (κ3) is 0.975. The quantitative estimate of drug-likeness (QED) is 0.621. The first-order valence-corrected chi connectivity index (χ1v) is 5.56. The second kappa shape index (κ2) is 2.51. The fraction of sp³-hybridized carbons (Fsp3) is 0.800. The molecule has 1 saturated carbocycles. The van der Waals surface area contributed by atoms with Crippen molar-refractivity contribution in [2.45, 2.75) is 33.6 Å². The molecule has 13 heavy (non-hydrogen) atoms. The molecule has 2 unspecified atom stereocenters. The predicted molar refractivity (Wildman–Crippen MR) is 62.9 cm³/mol. The Morgan fingerprint density at radius 3 is 2.54 bits per heavy atom. The van der Waals surface area contributed by atoms with E-state index < -0.39 is 0 Å². The molecule has 1 nitrogen and oxygen atoms in total. The number of hydrogen-bond donors (Lipinski definition) is 1. The van der Waals surface area contributed by atoms with Gasteiger partial charge in [0, 0.05) is 11.3 Å². The summed E-state index contributed by atoms with van der Waals surface area (Å²) in [6.07, 6.45) is 2.37. The highest BCUT2D eigenvalue weighted by molar-refractivity contribution is 7.82. The van der Waals surface area contributed by atoms with Gasteiger partial charge in [0.05, 0.1) is 9.98 Å². The van der Waals surface area contributed by atoms with Crippen molar-refractivity contribution in [3.8, 4) is 0 Å². The van der Waals surface area contributed by atoms with Gasteiger partial charge in [0.2, 0.25) is 0 Å². The molecule has 1 heterocycles. The molecule has 3 heteroatoms. The average Bonchev–Trinajstić information content (AvgIpc) is 2.16. The molecule has 0 aromatic rings. The first-order valence-electron chi connectivity index (χ1n) is 4.75. The van der Waals surface area contributed by atoms with Crippen LogP contribution < -0.4 is 5.32 Å². The summed E-state index contributed by atoms with van der Waals surface area (Å²) in [6.45, 7) is 6.86. The van der Waals surface area contributed by atoms with Gasteiger partial charge in [-0.1, -0.05) is 45.2 Å². The molecule has 72 valence electrons. The summed E-state index contributed by atoms with van der Waals surface area (Å²) in [5.41, 5.74) is 0.404. The number of hydrogen-bond acceptors (Lipinski definition) is 2. The highest BCUT2D eigenvalue weighted by Gasteiger charge is 2.58. The van der Waals surface area contributed by atoms with E-state index in [9.17, 15) is 0 Å². The van der Waals surface area contributed by atoms with Crippen molar-refractivity contribution in [1.29, 1.82) is 0 Å². The lowest BCUT2D eigenvalue weighted by Crippen LogP contribution is -2.55. The minimum absolute atomic E-state index is 0.162. The van der Waals surface area contributed by atoms with Gasteiger partial charge in [-0.05, 0) is 18.3 Å². The SMILES string of the molecule is CC12CCC(C(=S)NC1=S)C2(C)C. The Labute approximate surface area is 90.3 Å². The minimum Gasteiger partial charge on any atom is -0.344 e. The third-order valence-electron chi connectivity index (χ3n) is 4.28. The summed E-state index contributed by atoms with van der Waals surface area (Å²) in [4.78, 5) is 1.92. The summed E-state index contributed by atoms with van der Waals surface area (Å²) < 4.78 is 0. The molecule has 2 rings (SSSR count). The lowest BCUT2D eigenvalue weighted by molar-refractivity contribution is 0.178. The number of rotatable bonds is 0. The van der Waals surface area contributed by atoms with Crippen LogP contribution in [0.5, 0.6) is 0 Å². The zero-order valence-electron chi connectivity index (χ0n) is 8.31. The molecule has 1 aliphatic heterocycles. The molecular weight excluding hydrogens is 198 g/mol. The van der Waals surface area contributed by atoms with Crippen LogP contribution in [-0.2, 0) is 0 Å². The molecule has 0 amide bonds. The van der Waals surface area contributed by atoms with Gasteiger partial charge in [-0.3, -0.25) is 0 Å². The molecular formula is C10H15NS2. The maximum absolute atomic E-state index is 5.39. The molecule has 2 atom stereocenters. The van der Waals surface area contributed by atoms with Crippen molar-refractivity contribution < 1.29 is 0 Å². The van der Waals surface area contributed by atoms with E-state index in [0.717, 1.165) is 9.98 Å². The van der Waals surface area contributed by atoms with E-state index in [1.165, 1.54) is 12.8 Å². The molecule has 0 aromatic carbocycles. The van der Waals surface area contributed by atoms with Crippen LogP contribution in [0.3, 0.4) is 0 Å². The molecule has 1 N–H and O–H groups in total. The van der Waals surface area contributed by atoms with Crippen LogP contribution in [0.2, 0.25) is 0 Å². The maximum Gasteiger partial charge on any atom is 0.0866 e. The largest absolute Gasteiger partial charge is 0.344 e. The Hall–Kier alpha value is -0.0200. The number of piperidine rings is 1. The highest BCUT2D eigenvalue weighted by atomic mass is 32.1. The molecule has 0 radical (unpaired) electrons. The van der Waals surface area contributed by atoms with Crippen molar-refractivity contribution in [3.63, 3.8) is 0 Å². The smallest absolute Gasteiger partial charge is 0.0866 e. The summed E-state index contributed by atoms with van der Waals surface area (Å²) in [5.74, 6) is 0.527. The van der Waals surface area contributed by atoms with Gasteiger partial charge >= 0.3 is 0 Å². The Morgan fingerprint density at radius 1 is 1.31 bits per heavy atom. The van der Waals surface area contributed by atoms with Crippen molar-refractivity contribution in [3.05, 3.63) is 0 Å². The zero-order chi connectivity index (χ0) is 9.85. The van der Waals surface area contributed by atoms with Gasteiger partial charge in [-0.2, -0.15) is 0 Å². The van der Waals surface area contributed by atoms with Crippen LogP contribution in [0.25, 0.3) is 0 Å². The normalized spacial score (nSPS) is 41.9. The van der Waals surface area contributed by atoms with Crippen molar-refractivity contribution in [2.75, 3.05) is 0 Å². The first-order chi connectivity index (χ1) is 5.89. The predicted octanol–water partition coefficient (Wildman–Crippen LogP) is 2.69. The lowest BCUT2D eigenvalue weighted by atomic mass is 9.63. The topological polar surface area (TPSA) is 12.0 Å². The Kier molecular flexibility index (Phi) is 1.84. The van der Waals surface area contributed by atoms with Gasteiger partial charge < -0.3 is 5.32 Å². The number of thiocarbonyl (C=S) groups is 2. The van der Waals surface area contributed by atoms with Crippen LogP contribution in [0, 0.1) is 16.7 Å². The van der Waals surface area contributed by atoms with E-state index in [0.29, 0.717) is 5.92 Å². The second-order valence-corrected chi connectivity index (χ2v) is 5.81. The fourth-order valence-electron chi connectivity index (χ4n) is 2.70. The Morgan fingerprint density at radius 2 is 1.92 bits per heavy atom. The summed E-state index contributed by atoms with van der Waals surface area (Å²) in [6, 6.07) is 0. The molecule has 1 aliphatic carbocycles. The number of fused-ring (bicyclic) bond motifs is 2. The van der Waals surface area contributed by atoms with Gasteiger partial charge in [-0.25, -0.2) is 0 Å². The Bertz CT molecular complexity index is 295. The highest BCUT2D eigenvalue weighted by Crippen LogP contribution is 2.58. The minimum atomic E-state index is 0.162. The summed E-state index contributed by atoms with van der Waals surface area (Å²) in [7, 11) is 0. The van der Waals surface area contributed by atoms with Crippen LogP contribution in [0.1, 0.15) is 33.6 Å². The van der Waals surface area contributed by atoms with E-state index in [1.807, 2.05) is 0 Å². The molecule has 2 aliphatic rings. The second-order valence-electron chi connectivity index (χ2n) is 4.96. The van der Waals surface area contributed by atoms with Crippen LogP contribution in [-0.4, -0.2) is 9.98 Å². The van der Waals surface area contributed by atoms with Crippen LogP contribution >= 0.6 is 24.4 Å². The van der Waals surface area contributed by atoms with Gasteiger partial charge in [0.25, 0.3) is 0 Å². The fourth-order valence-corrected chi connectivity index (χ4v) is 3.76. The molecule has 2 bridgehead atoms. The van der Waals surface area contributed by atoms with Crippen LogP contribution in [0.15, 0.2) is 0 Å². The Balaban J connectivity index is 2.51. The standard InChI is InChI=1S/C10H15NS2/c1-9(2)6-4-5-10(9,3)8(13)11-7(6)12/h6H,4-5H2,1-3H3,(H,11,12,13). The van der Waals surface area contributed by atoms with Gasteiger partial charge in [0.15, 0.2) is 0 Å². The summed E-state index contributed by atoms with van der Waals surface area (Å²) >= 11 is 10.7. The van der Waals surface area contributed by atoms with Crippen molar-refractivity contribution in [1.82, 2.24) is 5.32 Å². The van der Waals surface area contributed by atoms with Crippen LogP contribution in [0.4, 0.5) is 0 Å². The monoisotopic (exact) mass is 213 g/mol. The van der Waals surface area contributed by atoms with E-state index in [4.69, 9.17) is 24.4 Å². The lowest BCUT2D eigenvalue weighted by Gasteiger charge is -2.46. The maximum atomic E-state index is 5.39. The average molecular weight is 213 g/mol. The van der Waals surface area contributed by atoms with E-state index in [1.54, 1.807) is 0 Å².